The summed E-state index contributed by atoms with van der Waals surface area (Å²) in [5, 5.41) is 7.23. The molecule has 10 heteroatoms. The highest BCUT2D eigenvalue weighted by Gasteiger charge is 2.41. The van der Waals surface area contributed by atoms with Crippen LogP contribution in [0.1, 0.15) is 41.8 Å². The lowest BCUT2D eigenvalue weighted by Crippen LogP contribution is -2.39. The van der Waals surface area contributed by atoms with Crippen LogP contribution in [0.5, 0.6) is 0 Å². The van der Waals surface area contributed by atoms with Crippen molar-refractivity contribution in [3.8, 4) is 0 Å². The summed E-state index contributed by atoms with van der Waals surface area (Å²) in [4.78, 5) is 14.4. The van der Waals surface area contributed by atoms with E-state index in [4.69, 9.17) is 11.6 Å². The minimum atomic E-state index is -4.62. The molecule has 1 N–H and O–H groups in total. The van der Waals surface area contributed by atoms with Gasteiger partial charge in [0.15, 0.2) is 5.69 Å². The number of carbonyl (C=O) groups excluding carboxylic acids is 1. The summed E-state index contributed by atoms with van der Waals surface area (Å²) in [5.41, 5.74) is -0.372. The molecule has 2 aliphatic heterocycles. The summed E-state index contributed by atoms with van der Waals surface area (Å²) in [6, 6.07) is 4.03. The van der Waals surface area contributed by atoms with Crippen molar-refractivity contribution >= 4 is 17.5 Å². The Hall–Kier alpha value is -2.13. The van der Waals surface area contributed by atoms with Gasteiger partial charge in [0.2, 0.25) is 5.91 Å². The quantitative estimate of drug-likeness (QED) is 0.704. The molecule has 0 bridgehead atoms. The van der Waals surface area contributed by atoms with E-state index in [1.54, 1.807) is 4.90 Å². The topological polar surface area (TPSA) is 50.2 Å². The van der Waals surface area contributed by atoms with E-state index in [1.807, 2.05) is 0 Å². The van der Waals surface area contributed by atoms with Gasteiger partial charge in [-0.2, -0.15) is 18.3 Å². The van der Waals surface area contributed by atoms with Crippen LogP contribution in [0.25, 0.3) is 0 Å². The maximum atomic E-state index is 14.3. The second kappa shape index (κ2) is 8.78. The van der Waals surface area contributed by atoms with Gasteiger partial charge in [-0.3, -0.25) is 9.48 Å². The zero-order chi connectivity index (χ0) is 22.2. The lowest BCUT2D eigenvalue weighted by molar-refractivity contribution is -0.142. The number of nitrogens with zero attached hydrogens (tertiary/aromatic N) is 3. The predicted molar refractivity (Wildman–Crippen MR) is 107 cm³/mol. The van der Waals surface area contributed by atoms with Gasteiger partial charge in [0.25, 0.3) is 0 Å². The first-order valence-corrected chi connectivity index (χ1v) is 10.7. The van der Waals surface area contributed by atoms with Crippen LogP contribution in [-0.2, 0) is 30.5 Å². The van der Waals surface area contributed by atoms with E-state index in [9.17, 15) is 22.4 Å². The smallest absolute Gasteiger partial charge is 0.336 e. The molecular weight excluding hydrogens is 436 g/mol. The maximum Gasteiger partial charge on any atom is 0.435 e. The lowest BCUT2D eigenvalue weighted by Gasteiger charge is -2.30. The molecule has 1 saturated heterocycles. The molecule has 1 amide bonds. The molecule has 2 aliphatic rings. The highest BCUT2D eigenvalue weighted by Crippen LogP contribution is 2.35. The Morgan fingerprint density at radius 2 is 2.00 bits per heavy atom. The minimum Gasteiger partial charge on any atom is -0.336 e. The molecule has 3 heterocycles. The van der Waals surface area contributed by atoms with E-state index in [2.05, 4.69) is 10.4 Å². The zero-order valence-electron chi connectivity index (χ0n) is 16.8. The van der Waals surface area contributed by atoms with Crippen LogP contribution < -0.4 is 5.32 Å². The molecular formula is C21H23ClF4N4O. The predicted octanol–water partition coefficient (Wildman–Crippen LogP) is 4.02. The van der Waals surface area contributed by atoms with Crippen molar-refractivity contribution in [2.24, 2.45) is 5.92 Å². The molecule has 1 aromatic carbocycles. The van der Waals surface area contributed by atoms with Crippen LogP contribution in [0, 0.1) is 11.7 Å². The van der Waals surface area contributed by atoms with Crippen molar-refractivity contribution in [2.45, 2.75) is 44.9 Å². The molecule has 0 radical (unpaired) electrons. The molecule has 0 saturated carbocycles. The third-order valence-electron chi connectivity index (χ3n) is 6.02. The highest BCUT2D eigenvalue weighted by molar-refractivity contribution is 6.30. The molecule has 2 aromatic rings. The Morgan fingerprint density at radius 3 is 2.68 bits per heavy atom. The summed E-state index contributed by atoms with van der Waals surface area (Å²) in [6.45, 7) is 1.84. The average Bonchev–Trinajstić information content (AvgIpc) is 3.09. The Labute approximate surface area is 182 Å². The van der Waals surface area contributed by atoms with Gasteiger partial charge in [-0.25, -0.2) is 4.39 Å². The standard InChI is InChI=1S/C21H23ClF4N4O/c22-15-2-1-14(17(23)10-15)11-30-18-12-29(19(31)9-13-3-6-27-7-4-13)8-5-16(18)20(28-30)21(24,25)26/h1-2,10,13,27H,3-9,11-12H2. The fourth-order valence-electron chi connectivity index (χ4n) is 4.32. The number of piperidine rings is 1. The van der Waals surface area contributed by atoms with Crippen LogP contribution >= 0.6 is 11.6 Å². The van der Waals surface area contributed by atoms with Crippen molar-refractivity contribution in [3.05, 3.63) is 51.6 Å². The van der Waals surface area contributed by atoms with E-state index in [0.717, 1.165) is 32.0 Å². The first-order chi connectivity index (χ1) is 14.7. The second-order valence-electron chi connectivity index (χ2n) is 8.13. The number of nitrogens with one attached hydrogen (secondary N) is 1. The first-order valence-electron chi connectivity index (χ1n) is 10.3. The third-order valence-corrected chi connectivity index (χ3v) is 6.25. The largest absolute Gasteiger partial charge is 0.435 e. The normalized spacial score (nSPS) is 17.6. The molecule has 1 aromatic heterocycles. The van der Waals surface area contributed by atoms with Crippen LogP contribution in [0.15, 0.2) is 18.2 Å². The fraction of sp³-hybridized carbons (Fsp3) is 0.524. The first kappa shape index (κ1) is 22.1. The number of rotatable bonds is 4. The summed E-state index contributed by atoms with van der Waals surface area (Å²) >= 11 is 5.77. The molecule has 168 valence electrons. The van der Waals surface area contributed by atoms with Crippen LogP contribution in [0.3, 0.4) is 0 Å². The van der Waals surface area contributed by atoms with Crippen LogP contribution in [0.4, 0.5) is 17.6 Å². The van der Waals surface area contributed by atoms with Crippen LogP contribution in [0.2, 0.25) is 5.02 Å². The summed E-state index contributed by atoms with van der Waals surface area (Å²) in [7, 11) is 0. The fourth-order valence-corrected chi connectivity index (χ4v) is 4.48. The summed E-state index contributed by atoms with van der Waals surface area (Å²) in [5.74, 6) is -0.384. The van der Waals surface area contributed by atoms with Gasteiger partial charge in [-0.15, -0.1) is 0 Å². The van der Waals surface area contributed by atoms with E-state index in [0.29, 0.717) is 12.1 Å². The van der Waals surface area contributed by atoms with Gasteiger partial charge in [0.1, 0.15) is 5.82 Å². The third kappa shape index (κ3) is 4.87. The Kier molecular flexibility index (Phi) is 6.25. The molecule has 4 rings (SSSR count). The zero-order valence-corrected chi connectivity index (χ0v) is 17.6. The van der Waals surface area contributed by atoms with Gasteiger partial charge in [-0.05, 0) is 50.4 Å². The minimum absolute atomic E-state index is 0.0391. The number of amides is 1. The van der Waals surface area contributed by atoms with Gasteiger partial charge in [0.05, 0.1) is 18.8 Å². The monoisotopic (exact) mass is 458 g/mol. The average molecular weight is 459 g/mol. The van der Waals surface area contributed by atoms with E-state index in [-0.39, 0.29) is 54.0 Å². The number of fused-ring (bicyclic) bond motifs is 1. The number of alkyl halides is 3. The van der Waals surface area contributed by atoms with Gasteiger partial charge >= 0.3 is 6.18 Å². The van der Waals surface area contributed by atoms with Crippen molar-refractivity contribution in [3.63, 3.8) is 0 Å². The lowest BCUT2D eigenvalue weighted by atomic mass is 9.93. The number of hydrogen-bond acceptors (Lipinski definition) is 3. The Bertz CT molecular complexity index is 969. The second-order valence-corrected chi connectivity index (χ2v) is 8.56. The number of benzene rings is 1. The van der Waals surface area contributed by atoms with Crippen molar-refractivity contribution in [1.82, 2.24) is 20.0 Å². The molecule has 31 heavy (non-hydrogen) atoms. The van der Waals surface area contributed by atoms with Crippen molar-refractivity contribution < 1.29 is 22.4 Å². The van der Waals surface area contributed by atoms with Gasteiger partial charge in [-0.1, -0.05) is 17.7 Å². The molecule has 0 atom stereocenters. The number of hydrogen-bond donors (Lipinski definition) is 1. The van der Waals surface area contributed by atoms with Gasteiger partial charge in [0, 0.05) is 29.1 Å². The Balaban J connectivity index is 1.59. The Morgan fingerprint density at radius 1 is 1.26 bits per heavy atom. The summed E-state index contributed by atoms with van der Waals surface area (Å²) in [6.07, 6.45) is -2.32. The summed E-state index contributed by atoms with van der Waals surface area (Å²) < 4.78 is 56.1. The number of halogens is 5. The van der Waals surface area contributed by atoms with Crippen LogP contribution in [-0.4, -0.2) is 40.2 Å². The number of aromatic nitrogens is 2. The van der Waals surface area contributed by atoms with Crippen molar-refractivity contribution in [2.75, 3.05) is 19.6 Å². The molecule has 0 aliphatic carbocycles. The highest BCUT2D eigenvalue weighted by atomic mass is 35.5. The van der Waals surface area contributed by atoms with E-state index < -0.39 is 17.7 Å². The van der Waals surface area contributed by atoms with Crippen molar-refractivity contribution in [1.29, 1.82) is 0 Å². The number of carbonyl (C=O) groups is 1. The van der Waals surface area contributed by atoms with Gasteiger partial charge < -0.3 is 10.2 Å². The van der Waals surface area contributed by atoms with E-state index >= 15 is 0 Å². The SMILES string of the molecule is O=C(CC1CCNCC1)N1CCc2c(C(F)(F)F)nn(Cc3ccc(Cl)cc3F)c2C1. The molecule has 0 unspecified atom stereocenters. The van der Waals surface area contributed by atoms with E-state index in [1.165, 1.54) is 16.8 Å². The molecule has 5 nitrogen and oxygen atoms in total. The maximum absolute atomic E-state index is 14.3. The molecule has 0 spiro atoms. The molecule has 1 fully saturated rings.